The molecule has 0 spiro atoms. The van der Waals surface area contributed by atoms with E-state index >= 15 is 0 Å². The molecule has 0 aliphatic carbocycles. The van der Waals surface area contributed by atoms with E-state index in [0.29, 0.717) is 6.42 Å². The first kappa shape index (κ1) is 18.9. The standard InChI is InChI=1S/C9H13NO.H2O7S2/c1-9(10,11)7-8-5-3-2-4-6-8;1-8(2,3)7-9(4,5)6/h2-6,11H,7,10H2,1H3;(H,1,2,3)(H,4,5,6). The summed E-state index contributed by atoms with van der Waals surface area (Å²) in [6.45, 7) is 1.60. The van der Waals surface area contributed by atoms with Gasteiger partial charge in [0.25, 0.3) is 0 Å². The van der Waals surface area contributed by atoms with Gasteiger partial charge in [-0.2, -0.15) is 16.8 Å². The number of benzene rings is 1. The zero-order valence-corrected chi connectivity index (χ0v) is 12.0. The van der Waals surface area contributed by atoms with Crippen molar-refractivity contribution >= 4 is 20.8 Å². The highest BCUT2D eigenvalue weighted by Crippen LogP contribution is 2.06. The Hall–Kier alpha value is -1.08. The van der Waals surface area contributed by atoms with Crippen LogP contribution in [0.3, 0.4) is 0 Å². The van der Waals surface area contributed by atoms with Crippen LogP contribution in [0.5, 0.6) is 0 Å². The van der Waals surface area contributed by atoms with Crippen LogP contribution in [-0.4, -0.2) is 36.8 Å². The van der Waals surface area contributed by atoms with Crippen LogP contribution in [0.1, 0.15) is 12.5 Å². The molecule has 0 aliphatic heterocycles. The fourth-order valence-electron chi connectivity index (χ4n) is 1.12. The van der Waals surface area contributed by atoms with Gasteiger partial charge in [-0.1, -0.05) is 30.3 Å². The van der Waals surface area contributed by atoms with Crippen molar-refractivity contribution in [2.24, 2.45) is 5.73 Å². The van der Waals surface area contributed by atoms with Gasteiger partial charge >= 0.3 is 20.8 Å². The average molecular weight is 329 g/mol. The molecule has 0 amide bonds. The van der Waals surface area contributed by atoms with Gasteiger partial charge in [0.05, 0.1) is 0 Å². The van der Waals surface area contributed by atoms with Gasteiger partial charge < -0.3 is 10.8 Å². The largest absolute Gasteiger partial charge is 0.413 e. The molecule has 0 saturated carbocycles. The highest BCUT2D eigenvalue weighted by Gasteiger charge is 2.15. The van der Waals surface area contributed by atoms with Gasteiger partial charge in [-0.15, -0.1) is 3.63 Å². The highest BCUT2D eigenvalue weighted by molar-refractivity contribution is 7.94. The molecule has 0 radical (unpaired) electrons. The Morgan fingerprint density at radius 2 is 1.50 bits per heavy atom. The SMILES string of the molecule is CC(N)(O)Cc1ccccc1.O=S(=O)(O)OS(=O)(=O)O. The van der Waals surface area contributed by atoms with Crippen LogP contribution >= 0.6 is 0 Å². The fourth-order valence-corrected chi connectivity index (χ4v) is 1.99. The Labute approximate surface area is 116 Å². The normalized spacial score (nSPS) is 14.8. The number of aliphatic hydroxyl groups is 1. The quantitative estimate of drug-likeness (QED) is 0.421. The monoisotopic (exact) mass is 329 g/mol. The first-order valence-corrected chi connectivity index (χ1v) is 7.73. The minimum Gasteiger partial charge on any atom is -0.376 e. The summed E-state index contributed by atoms with van der Waals surface area (Å²) in [5, 5.41) is 9.25. The molecule has 1 rings (SSSR count). The second kappa shape index (κ2) is 7.08. The maximum absolute atomic E-state index is 9.44. The summed E-state index contributed by atoms with van der Waals surface area (Å²) >= 11 is 0. The minimum atomic E-state index is -5.12. The van der Waals surface area contributed by atoms with Gasteiger partial charge in [-0.05, 0) is 12.5 Å². The molecular weight excluding hydrogens is 314 g/mol. The average Bonchev–Trinajstić information content (AvgIpc) is 2.10. The van der Waals surface area contributed by atoms with Gasteiger partial charge in [-0.25, -0.2) is 0 Å². The lowest BCUT2D eigenvalue weighted by Crippen LogP contribution is -2.37. The van der Waals surface area contributed by atoms with E-state index in [0.717, 1.165) is 5.56 Å². The molecule has 9 nitrogen and oxygen atoms in total. The maximum atomic E-state index is 9.44. The topological polar surface area (TPSA) is 164 Å². The summed E-state index contributed by atoms with van der Waals surface area (Å²) in [6.07, 6.45) is 0.494. The first-order valence-electron chi connectivity index (χ1n) is 5.00. The Kier molecular flexibility index (Phi) is 6.70. The predicted octanol–water partition coefficient (Wildman–Crippen LogP) is -0.495. The number of hydrogen-bond donors (Lipinski definition) is 4. The zero-order valence-electron chi connectivity index (χ0n) is 10.4. The molecule has 116 valence electrons. The summed E-state index contributed by atoms with van der Waals surface area (Å²) in [5.74, 6) is 0. The predicted molar refractivity (Wildman–Crippen MR) is 69.1 cm³/mol. The summed E-state index contributed by atoms with van der Waals surface area (Å²) in [4.78, 5) is 0. The first-order chi connectivity index (χ1) is 8.79. The van der Waals surface area contributed by atoms with E-state index in [1.165, 1.54) is 0 Å². The van der Waals surface area contributed by atoms with Crippen LogP contribution in [0.15, 0.2) is 30.3 Å². The molecule has 0 fully saturated rings. The lowest BCUT2D eigenvalue weighted by molar-refractivity contribution is 0.0677. The third-order valence-electron chi connectivity index (χ3n) is 1.58. The van der Waals surface area contributed by atoms with Crippen molar-refractivity contribution < 1.29 is 34.7 Å². The van der Waals surface area contributed by atoms with Gasteiger partial charge in [-0.3, -0.25) is 9.11 Å². The van der Waals surface area contributed by atoms with Crippen molar-refractivity contribution in [3.63, 3.8) is 0 Å². The van der Waals surface area contributed by atoms with E-state index in [2.05, 4.69) is 3.63 Å². The van der Waals surface area contributed by atoms with E-state index < -0.39 is 26.5 Å². The maximum Gasteiger partial charge on any atom is 0.413 e. The van der Waals surface area contributed by atoms with Crippen LogP contribution in [0.2, 0.25) is 0 Å². The third kappa shape index (κ3) is 13.4. The molecule has 0 aromatic heterocycles. The Balaban J connectivity index is 0.000000370. The molecule has 0 bridgehead atoms. The van der Waals surface area contributed by atoms with E-state index in [9.17, 15) is 21.9 Å². The van der Waals surface area contributed by atoms with Crippen molar-refractivity contribution in [1.82, 2.24) is 0 Å². The van der Waals surface area contributed by atoms with Gasteiger partial charge in [0.2, 0.25) is 0 Å². The third-order valence-corrected chi connectivity index (χ3v) is 2.95. The van der Waals surface area contributed by atoms with Crippen molar-refractivity contribution in [3.05, 3.63) is 35.9 Å². The molecule has 1 unspecified atom stereocenters. The van der Waals surface area contributed by atoms with Crippen LogP contribution in [0.25, 0.3) is 0 Å². The molecule has 0 aliphatic rings. The fraction of sp³-hybridized carbons (Fsp3) is 0.333. The summed E-state index contributed by atoms with van der Waals surface area (Å²) in [7, 11) is -10.2. The number of nitrogens with two attached hydrogens (primary N) is 1. The molecule has 0 saturated heterocycles. The lowest BCUT2D eigenvalue weighted by atomic mass is 10.1. The van der Waals surface area contributed by atoms with Crippen molar-refractivity contribution in [2.45, 2.75) is 19.1 Å². The Morgan fingerprint density at radius 1 is 1.10 bits per heavy atom. The van der Waals surface area contributed by atoms with Crippen LogP contribution in [0.4, 0.5) is 0 Å². The number of rotatable bonds is 4. The van der Waals surface area contributed by atoms with Crippen molar-refractivity contribution in [3.8, 4) is 0 Å². The molecular formula is C9H15NO8S2. The van der Waals surface area contributed by atoms with Crippen LogP contribution in [-0.2, 0) is 30.8 Å². The van der Waals surface area contributed by atoms with Gasteiger partial charge in [0.1, 0.15) is 5.72 Å². The van der Waals surface area contributed by atoms with E-state index in [1.807, 2.05) is 30.3 Å². The van der Waals surface area contributed by atoms with Gasteiger partial charge in [0, 0.05) is 6.42 Å². The van der Waals surface area contributed by atoms with Gasteiger partial charge in [0.15, 0.2) is 0 Å². The lowest BCUT2D eigenvalue weighted by Gasteiger charge is -2.16. The molecule has 11 heteroatoms. The van der Waals surface area contributed by atoms with E-state index in [1.54, 1.807) is 6.92 Å². The molecule has 1 aromatic carbocycles. The van der Waals surface area contributed by atoms with Crippen molar-refractivity contribution in [2.75, 3.05) is 0 Å². The van der Waals surface area contributed by atoms with E-state index in [-0.39, 0.29) is 0 Å². The zero-order chi connectivity index (χ0) is 16.0. The minimum absolute atomic E-state index is 0.494. The molecule has 0 heterocycles. The molecule has 5 N–H and O–H groups in total. The Bertz CT molecular complexity index is 573. The molecule has 1 aromatic rings. The van der Waals surface area contributed by atoms with Crippen LogP contribution in [0, 0.1) is 0 Å². The van der Waals surface area contributed by atoms with Crippen LogP contribution < -0.4 is 5.73 Å². The summed E-state index contributed by atoms with van der Waals surface area (Å²) in [5.41, 5.74) is 5.38. The second-order valence-electron chi connectivity index (χ2n) is 3.94. The van der Waals surface area contributed by atoms with Crippen molar-refractivity contribution in [1.29, 1.82) is 0 Å². The Morgan fingerprint density at radius 3 is 1.75 bits per heavy atom. The highest BCUT2D eigenvalue weighted by atomic mass is 32.3. The number of hydrogen-bond acceptors (Lipinski definition) is 7. The second-order valence-corrected chi connectivity index (χ2v) is 6.20. The summed E-state index contributed by atoms with van der Waals surface area (Å²) < 4.78 is 55.6. The smallest absolute Gasteiger partial charge is 0.376 e. The molecule has 20 heavy (non-hydrogen) atoms. The van der Waals surface area contributed by atoms with E-state index in [4.69, 9.17) is 14.8 Å². The summed E-state index contributed by atoms with van der Waals surface area (Å²) in [6, 6.07) is 9.69. The molecule has 1 atom stereocenters.